The number of amides is 2. The third-order valence-electron chi connectivity index (χ3n) is 5.63. The summed E-state index contributed by atoms with van der Waals surface area (Å²) >= 11 is 1.42. The Bertz CT molecular complexity index is 1140. The van der Waals surface area contributed by atoms with E-state index in [9.17, 15) is 19.7 Å². The molecular weight excluding hydrogens is 462 g/mol. The molecule has 0 aromatic heterocycles. The first kappa shape index (κ1) is 26.0. The minimum Gasteiger partial charge on any atom is -0.357 e. The Morgan fingerprint density at radius 2 is 1.57 bits per heavy atom. The number of hydrogen-bond acceptors (Lipinski definition) is 5. The molecule has 1 N–H and O–H groups in total. The maximum absolute atomic E-state index is 13.4. The molecule has 0 saturated carbocycles. The van der Waals surface area contributed by atoms with Crippen LogP contribution in [0.2, 0.25) is 0 Å². The van der Waals surface area contributed by atoms with E-state index in [1.165, 1.54) is 23.9 Å². The molecule has 0 spiro atoms. The van der Waals surface area contributed by atoms with Gasteiger partial charge in [-0.2, -0.15) is 0 Å². The van der Waals surface area contributed by atoms with Crippen molar-refractivity contribution in [1.82, 2.24) is 10.2 Å². The zero-order chi connectivity index (χ0) is 25.2. The van der Waals surface area contributed by atoms with Crippen molar-refractivity contribution in [3.8, 4) is 0 Å². The molecule has 0 aliphatic carbocycles. The molecule has 0 aliphatic rings. The van der Waals surface area contributed by atoms with Crippen LogP contribution in [0.3, 0.4) is 0 Å². The summed E-state index contributed by atoms with van der Waals surface area (Å²) < 4.78 is 0. The molecule has 3 aromatic rings. The molecule has 0 bridgehead atoms. The summed E-state index contributed by atoms with van der Waals surface area (Å²) in [7, 11) is 1.58. The number of nitro groups is 1. The lowest BCUT2D eigenvalue weighted by molar-refractivity contribution is -0.384. The highest BCUT2D eigenvalue weighted by atomic mass is 32.2. The van der Waals surface area contributed by atoms with E-state index in [-0.39, 0.29) is 23.3 Å². The predicted octanol–water partition coefficient (Wildman–Crippen LogP) is 4.52. The minimum atomic E-state index is -0.656. The fraction of sp³-hybridized carbons (Fsp3) is 0.259. The van der Waals surface area contributed by atoms with Crippen molar-refractivity contribution in [2.75, 3.05) is 12.8 Å². The first-order valence-corrected chi connectivity index (χ1v) is 12.4. The molecule has 35 heavy (non-hydrogen) atoms. The Hall–Kier alpha value is -3.65. The van der Waals surface area contributed by atoms with E-state index in [0.717, 1.165) is 22.3 Å². The zero-order valence-electron chi connectivity index (χ0n) is 19.8. The van der Waals surface area contributed by atoms with Gasteiger partial charge in [0.05, 0.1) is 10.7 Å². The number of aryl methyl sites for hydroxylation is 1. The molecule has 3 aromatic carbocycles. The van der Waals surface area contributed by atoms with Crippen LogP contribution in [-0.4, -0.2) is 40.5 Å². The average molecular weight is 492 g/mol. The molecule has 7 nitrogen and oxygen atoms in total. The lowest BCUT2D eigenvalue weighted by Gasteiger charge is -2.31. The van der Waals surface area contributed by atoms with Crippen LogP contribution < -0.4 is 5.32 Å². The number of non-ortho nitro benzene ring substituents is 1. The van der Waals surface area contributed by atoms with E-state index in [2.05, 4.69) is 5.32 Å². The summed E-state index contributed by atoms with van der Waals surface area (Å²) in [6.45, 7) is 2.33. The number of carbonyl (C=O) groups excluding carboxylic acids is 2. The monoisotopic (exact) mass is 491 g/mol. The largest absolute Gasteiger partial charge is 0.357 e. The van der Waals surface area contributed by atoms with Gasteiger partial charge in [0.25, 0.3) is 5.69 Å². The topological polar surface area (TPSA) is 92.6 Å². The first-order chi connectivity index (χ1) is 16.9. The van der Waals surface area contributed by atoms with Gasteiger partial charge >= 0.3 is 0 Å². The summed E-state index contributed by atoms with van der Waals surface area (Å²) in [5, 5.41) is 13.6. The van der Waals surface area contributed by atoms with Crippen molar-refractivity contribution in [1.29, 1.82) is 0 Å². The zero-order valence-corrected chi connectivity index (χ0v) is 20.7. The Morgan fingerprint density at radius 3 is 2.17 bits per heavy atom. The molecule has 0 unspecified atom stereocenters. The molecule has 2 amide bonds. The Balaban J connectivity index is 1.77. The maximum Gasteiger partial charge on any atom is 0.269 e. The summed E-state index contributed by atoms with van der Waals surface area (Å²) in [5.74, 6) is 0.369. The Morgan fingerprint density at radius 1 is 0.943 bits per heavy atom. The van der Waals surface area contributed by atoms with Gasteiger partial charge in [-0.1, -0.05) is 72.3 Å². The van der Waals surface area contributed by atoms with Crippen LogP contribution in [0.4, 0.5) is 5.69 Å². The molecule has 182 valence electrons. The lowest BCUT2D eigenvalue weighted by Crippen LogP contribution is -2.50. The summed E-state index contributed by atoms with van der Waals surface area (Å²) in [5.41, 5.74) is 3.98. The van der Waals surface area contributed by atoms with Gasteiger partial charge in [-0.05, 0) is 23.6 Å². The van der Waals surface area contributed by atoms with Crippen LogP contribution in [0, 0.1) is 17.0 Å². The molecule has 0 aliphatic heterocycles. The number of rotatable bonds is 11. The molecule has 0 heterocycles. The number of nitro benzene ring substituents is 1. The van der Waals surface area contributed by atoms with Crippen molar-refractivity contribution < 1.29 is 14.5 Å². The number of nitrogens with zero attached hydrogens (tertiary/aromatic N) is 2. The number of carbonyl (C=O) groups is 2. The fourth-order valence-corrected chi connectivity index (χ4v) is 4.53. The second kappa shape index (κ2) is 12.7. The molecule has 3 rings (SSSR count). The van der Waals surface area contributed by atoms with Gasteiger partial charge in [0.2, 0.25) is 11.8 Å². The van der Waals surface area contributed by atoms with E-state index in [4.69, 9.17) is 0 Å². The molecule has 0 radical (unpaired) electrons. The quantitative estimate of drug-likeness (QED) is 0.314. The van der Waals surface area contributed by atoms with Crippen LogP contribution in [-0.2, 0) is 28.3 Å². The number of nitrogens with one attached hydrogen (secondary N) is 1. The Kier molecular flexibility index (Phi) is 9.43. The lowest BCUT2D eigenvalue weighted by atomic mass is 10.0. The average Bonchev–Trinajstić information content (AvgIpc) is 2.87. The standard InChI is InChI=1S/C27H29N3O4S/c1-20-8-10-22(11-9-20)17-29(25(27(32)28-2)16-21-6-4-3-5-7-21)26(31)19-35-18-23-12-14-24(15-13-23)30(33)34/h3-15,25H,16-19H2,1-2H3,(H,28,32)/t25-/m0/s1. The van der Waals surface area contributed by atoms with Gasteiger partial charge in [-0.3, -0.25) is 19.7 Å². The van der Waals surface area contributed by atoms with Gasteiger partial charge in [0.15, 0.2) is 0 Å². The predicted molar refractivity (Wildman–Crippen MR) is 139 cm³/mol. The SMILES string of the molecule is CNC(=O)[C@H](Cc1ccccc1)N(Cc1ccc(C)cc1)C(=O)CSCc1ccc([N+](=O)[O-])cc1. The highest BCUT2D eigenvalue weighted by Gasteiger charge is 2.29. The van der Waals surface area contributed by atoms with Crippen LogP contribution in [0.5, 0.6) is 0 Å². The van der Waals surface area contributed by atoms with Crippen molar-refractivity contribution in [3.63, 3.8) is 0 Å². The van der Waals surface area contributed by atoms with E-state index >= 15 is 0 Å². The minimum absolute atomic E-state index is 0.0356. The van der Waals surface area contributed by atoms with Crippen molar-refractivity contribution in [2.45, 2.75) is 31.7 Å². The van der Waals surface area contributed by atoms with E-state index in [1.807, 2.05) is 61.5 Å². The molecule has 1 atom stereocenters. The molecular formula is C27H29N3O4S. The van der Waals surface area contributed by atoms with Crippen LogP contribution >= 0.6 is 11.8 Å². The second-order valence-corrected chi connectivity index (χ2v) is 9.23. The second-order valence-electron chi connectivity index (χ2n) is 8.24. The van der Waals surface area contributed by atoms with Crippen LogP contribution in [0.1, 0.15) is 22.3 Å². The van der Waals surface area contributed by atoms with E-state index in [1.54, 1.807) is 24.1 Å². The maximum atomic E-state index is 13.4. The van der Waals surface area contributed by atoms with Crippen molar-refractivity contribution in [3.05, 3.63) is 111 Å². The normalized spacial score (nSPS) is 11.5. The summed E-state index contributed by atoms with van der Waals surface area (Å²) in [4.78, 5) is 38.4. The van der Waals surface area contributed by atoms with Gasteiger partial charge in [-0.25, -0.2) is 0 Å². The van der Waals surface area contributed by atoms with Crippen molar-refractivity contribution >= 4 is 29.3 Å². The van der Waals surface area contributed by atoms with E-state index in [0.29, 0.717) is 18.7 Å². The van der Waals surface area contributed by atoms with Gasteiger partial charge < -0.3 is 10.2 Å². The highest BCUT2D eigenvalue weighted by Crippen LogP contribution is 2.20. The number of benzene rings is 3. The number of thioether (sulfide) groups is 1. The first-order valence-electron chi connectivity index (χ1n) is 11.3. The van der Waals surface area contributed by atoms with Gasteiger partial charge in [0.1, 0.15) is 6.04 Å². The molecule has 8 heteroatoms. The summed E-state index contributed by atoms with van der Waals surface area (Å²) in [6.07, 6.45) is 0.408. The van der Waals surface area contributed by atoms with Crippen LogP contribution in [0.15, 0.2) is 78.9 Å². The number of likely N-dealkylation sites (N-methyl/N-ethyl adjacent to an activating group) is 1. The third-order valence-corrected chi connectivity index (χ3v) is 6.62. The van der Waals surface area contributed by atoms with Crippen molar-refractivity contribution in [2.24, 2.45) is 0 Å². The third kappa shape index (κ3) is 7.68. The Labute approximate surface area is 209 Å². The molecule has 0 fully saturated rings. The number of hydrogen-bond donors (Lipinski definition) is 1. The van der Waals surface area contributed by atoms with Crippen LogP contribution in [0.25, 0.3) is 0 Å². The fourth-order valence-electron chi connectivity index (χ4n) is 3.66. The van der Waals surface area contributed by atoms with Gasteiger partial charge in [-0.15, -0.1) is 11.8 Å². The smallest absolute Gasteiger partial charge is 0.269 e. The van der Waals surface area contributed by atoms with Gasteiger partial charge in [0, 0.05) is 37.9 Å². The summed E-state index contributed by atoms with van der Waals surface area (Å²) in [6, 6.07) is 23.3. The molecule has 0 saturated heterocycles. The van der Waals surface area contributed by atoms with E-state index < -0.39 is 11.0 Å². The highest BCUT2D eigenvalue weighted by molar-refractivity contribution is 7.99.